The molecule has 6 nitrogen and oxygen atoms in total. The third-order valence-corrected chi connectivity index (χ3v) is 2.07. The Morgan fingerprint density at radius 2 is 1.50 bits per heavy atom. The average molecular weight is 252 g/mol. The first-order valence-electron chi connectivity index (χ1n) is 6.00. The van der Waals surface area contributed by atoms with Crippen molar-refractivity contribution in [3.8, 4) is 0 Å². The van der Waals surface area contributed by atoms with Gasteiger partial charge in [-0.15, -0.1) is 10.2 Å². The van der Waals surface area contributed by atoms with Crippen LogP contribution >= 0.6 is 0 Å². The topological polar surface area (TPSA) is 77.8 Å². The molecule has 0 aliphatic rings. The van der Waals surface area contributed by atoms with Gasteiger partial charge in [0.1, 0.15) is 0 Å². The van der Waals surface area contributed by atoms with Crippen LogP contribution in [0.15, 0.2) is 8.94 Å². The molecule has 2 aromatic heterocycles. The zero-order chi connectivity index (χ0) is 13.7. The summed E-state index contributed by atoms with van der Waals surface area (Å²) in [6, 6.07) is 0. The molecule has 18 heavy (non-hydrogen) atoms. The van der Waals surface area contributed by atoms with Crippen LogP contribution < -0.4 is 0 Å². The molecule has 0 aromatic carbocycles. The Balaban J connectivity index is 0.000000180. The van der Waals surface area contributed by atoms with Gasteiger partial charge in [-0.25, -0.2) is 0 Å². The summed E-state index contributed by atoms with van der Waals surface area (Å²) in [7, 11) is 0. The van der Waals surface area contributed by atoms with E-state index in [0.717, 1.165) is 0 Å². The first-order valence-corrected chi connectivity index (χ1v) is 6.00. The van der Waals surface area contributed by atoms with E-state index in [-0.39, 0.29) is 0 Å². The largest absolute Gasteiger partial charge is 0.425 e. The molecular weight excluding hydrogens is 232 g/mol. The standard InChI is InChI=1S/2C6H10N2O/c1-4(2)6-8-7-5(3)9-6;1-4(2)6-7-5(3)8-9-6/h2*4H,1-3H3. The SMILES string of the molecule is Cc1nnc(C(C)C)o1.Cc1noc(C(C)C)n1. The molecule has 0 unspecified atom stereocenters. The molecule has 2 rings (SSSR count). The predicted octanol–water partition coefficient (Wildman–Crippen LogP) is 3.00. The second-order valence-electron chi connectivity index (χ2n) is 4.65. The van der Waals surface area contributed by atoms with Crippen LogP contribution in [0.4, 0.5) is 0 Å². The molecule has 0 saturated heterocycles. The van der Waals surface area contributed by atoms with Gasteiger partial charge in [0.2, 0.25) is 17.7 Å². The van der Waals surface area contributed by atoms with Gasteiger partial charge >= 0.3 is 0 Å². The molecule has 0 atom stereocenters. The highest BCUT2D eigenvalue weighted by molar-refractivity contribution is 4.87. The van der Waals surface area contributed by atoms with E-state index in [2.05, 4.69) is 20.3 Å². The Morgan fingerprint density at radius 1 is 0.889 bits per heavy atom. The lowest BCUT2D eigenvalue weighted by Gasteiger charge is -1.92. The smallest absolute Gasteiger partial charge is 0.229 e. The quantitative estimate of drug-likeness (QED) is 0.817. The van der Waals surface area contributed by atoms with Crippen molar-refractivity contribution in [2.75, 3.05) is 0 Å². The Bertz CT molecular complexity index is 430. The molecule has 0 saturated carbocycles. The van der Waals surface area contributed by atoms with E-state index in [1.807, 2.05) is 34.6 Å². The summed E-state index contributed by atoms with van der Waals surface area (Å²) in [5, 5.41) is 11.2. The van der Waals surface area contributed by atoms with E-state index in [1.165, 1.54) is 0 Å². The maximum absolute atomic E-state index is 5.12. The van der Waals surface area contributed by atoms with Gasteiger partial charge in [0.25, 0.3) is 0 Å². The van der Waals surface area contributed by atoms with Gasteiger partial charge in [0.05, 0.1) is 0 Å². The minimum Gasteiger partial charge on any atom is -0.425 e. The summed E-state index contributed by atoms with van der Waals surface area (Å²) in [4.78, 5) is 4.03. The minimum atomic E-state index is 0.339. The average Bonchev–Trinajstić information content (AvgIpc) is 2.88. The van der Waals surface area contributed by atoms with Gasteiger partial charge in [-0.05, 0) is 6.92 Å². The number of hydrogen-bond donors (Lipinski definition) is 0. The number of aryl methyl sites for hydroxylation is 2. The highest BCUT2D eigenvalue weighted by atomic mass is 16.5. The predicted molar refractivity (Wildman–Crippen MR) is 66.2 cm³/mol. The van der Waals surface area contributed by atoms with Crippen LogP contribution in [0.1, 0.15) is 63.0 Å². The van der Waals surface area contributed by atoms with Crippen LogP contribution in [-0.2, 0) is 0 Å². The van der Waals surface area contributed by atoms with E-state index in [1.54, 1.807) is 6.92 Å². The van der Waals surface area contributed by atoms with Gasteiger partial charge in [-0.1, -0.05) is 32.9 Å². The third-order valence-electron chi connectivity index (χ3n) is 2.07. The van der Waals surface area contributed by atoms with Crippen LogP contribution in [0.2, 0.25) is 0 Å². The van der Waals surface area contributed by atoms with Crippen LogP contribution in [-0.4, -0.2) is 20.3 Å². The number of aromatic nitrogens is 4. The fourth-order valence-corrected chi connectivity index (χ4v) is 1.09. The van der Waals surface area contributed by atoms with Crippen molar-refractivity contribution < 1.29 is 8.94 Å². The summed E-state index contributed by atoms with van der Waals surface area (Å²) in [5.74, 6) is 3.45. The fourth-order valence-electron chi connectivity index (χ4n) is 1.09. The number of nitrogens with zero attached hydrogens (tertiary/aromatic N) is 4. The van der Waals surface area contributed by atoms with Crippen molar-refractivity contribution in [2.45, 2.75) is 53.4 Å². The lowest BCUT2D eigenvalue weighted by molar-refractivity contribution is 0.362. The van der Waals surface area contributed by atoms with Gasteiger partial charge in [-0.3, -0.25) is 0 Å². The molecule has 0 aliphatic carbocycles. The summed E-state index contributed by atoms with van der Waals surface area (Å²) in [6.07, 6.45) is 0. The van der Waals surface area contributed by atoms with E-state index in [9.17, 15) is 0 Å². The summed E-state index contributed by atoms with van der Waals surface area (Å²) in [5.41, 5.74) is 0. The van der Waals surface area contributed by atoms with Crippen LogP contribution in [0, 0.1) is 13.8 Å². The zero-order valence-corrected chi connectivity index (χ0v) is 11.8. The van der Waals surface area contributed by atoms with Crippen LogP contribution in [0.25, 0.3) is 0 Å². The normalized spacial score (nSPS) is 10.7. The van der Waals surface area contributed by atoms with E-state index in [4.69, 9.17) is 8.94 Å². The maximum atomic E-state index is 5.12. The maximum Gasteiger partial charge on any atom is 0.229 e. The van der Waals surface area contributed by atoms with Gasteiger partial charge in [0, 0.05) is 18.8 Å². The Labute approximate surface area is 107 Å². The lowest BCUT2D eigenvalue weighted by Crippen LogP contribution is -1.85. The molecule has 0 radical (unpaired) electrons. The first-order chi connectivity index (χ1) is 8.40. The summed E-state index contributed by atoms with van der Waals surface area (Å²) >= 11 is 0. The number of hydrogen-bond acceptors (Lipinski definition) is 6. The summed E-state index contributed by atoms with van der Waals surface area (Å²) in [6.45, 7) is 11.7. The first kappa shape index (κ1) is 14.3. The molecule has 0 spiro atoms. The molecule has 0 aliphatic heterocycles. The van der Waals surface area contributed by atoms with Gasteiger partial charge < -0.3 is 8.94 Å². The van der Waals surface area contributed by atoms with Gasteiger partial charge in [0.15, 0.2) is 5.82 Å². The lowest BCUT2D eigenvalue weighted by atomic mass is 10.2. The molecule has 0 bridgehead atoms. The zero-order valence-electron chi connectivity index (χ0n) is 11.8. The molecule has 100 valence electrons. The Hall–Kier alpha value is -1.72. The molecular formula is C12H20N4O2. The second kappa shape index (κ2) is 6.28. The highest BCUT2D eigenvalue weighted by Gasteiger charge is 2.05. The van der Waals surface area contributed by atoms with Crippen molar-refractivity contribution in [1.82, 2.24) is 20.3 Å². The van der Waals surface area contributed by atoms with Crippen molar-refractivity contribution in [2.24, 2.45) is 0 Å². The van der Waals surface area contributed by atoms with Crippen molar-refractivity contribution in [3.63, 3.8) is 0 Å². The van der Waals surface area contributed by atoms with Crippen LogP contribution in [0.3, 0.4) is 0 Å². The van der Waals surface area contributed by atoms with Gasteiger partial charge in [-0.2, -0.15) is 4.98 Å². The van der Waals surface area contributed by atoms with E-state index >= 15 is 0 Å². The highest BCUT2D eigenvalue weighted by Crippen LogP contribution is 2.10. The monoisotopic (exact) mass is 252 g/mol. The number of rotatable bonds is 2. The van der Waals surface area contributed by atoms with E-state index < -0.39 is 0 Å². The minimum absolute atomic E-state index is 0.339. The Morgan fingerprint density at radius 3 is 1.72 bits per heavy atom. The van der Waals surface area contributed by atoms with Crippen molar-refractivity contribution in [1.29, 1.82) is 0 Å². The van der Waals surface area contributed by atoms with E-state index in [0.29, 0.717) is 35.3 Å². The second-order valence-corrected chi connectivity index (χ2v) is 4.65. The molecule has 2 aromatic rings. The summed E-state index contributed by atoms with van der Waals surface area (Å²) < 4.78 is 9.99. The molecule has 0 N–H and O–H groups in total. The molecule has 0 amide bonds. The fraction of sp³-hybridized carbons (Fsp3) is 0.667. The third kappa shape index (κ3) is 4.27. The van der Waals surface area contributed by atoms with Crippen molar-refractivity contribution in [3.05, 3.63) is 23.5 Å². The van der Waals surface area contributed by atoms with Crippen LogP contribution in [0.5, 0.6) is 0 Å². The molecule has 0 fully saturated rings. The van der Waals surface area contributed by atoms with Crippen molar-refractivity contribution >= 4 is 0 Å². The molecule has 6 heteroatoms. The Kier molecular flexibility index (Phi) is 5.00. The molecule has 2 heterocycles.